The maximum atomic E-state index is 12.1. The Morgan fingerprint density at radius 1 is 1.27 bits per heavy atom. The number of carbonyl (C=O) groups is 1. The summed E-state index contributed by atoms with van der Waals surface area (Å²) in [6.45, 7) is -1.33. The van der Waals surface area contributed by atoms with Gasteiger partial charge in [0.05, 0.1) is 0 Å². The maximum absolute atomic E-state index is 12.1. The van der Waals surface area contributed by atoms with Gasteiger partial charge in [-0.05, 0) is 43.5 Å². The third-order valence-corrected chi connectivity index (χ3v) is 3.61. The summed E-state index contributed by atoms with van der Waals surface area (Å²) in [7, 11) is 0. The number of halogens is 3. The van der Waals surface area contributed by atoms with Gasteiger partial charge < -0.3 is 15.8 Å². The molecule has 0 aromatic heterocycles. The lowest BCUT2D eigenvalue weighted by atomic mass is 9.85. The molecule has 1 aliphatic rings. The Kier molecular flexibility index (Phi) is 5.28. The predicted octanol–water partition coefficient (Wildman–Crippen LogP) is 3.08. The van der Waals surface area contributed by atoms with E-state index < -0.39 is 12.8 Å². The molecule has 0 bridgehead atoms. The second-order valence-electron chi connectivity index (χ2n) is 5.54. The smallest absolute Gasteiger partial charge is 0.422 e. The van der Waals surface area contributed by atoms with E-state index in [9.17, 15) is 18.0 Å². The summed E-state index contributed by atoms with van der Waals surface area (Å²) in [5.41, 5.74) is 6.39. The summed E-state index contributed by atoms with van der Waals surface area (Å²) >= 11 is 0. The lowest BCUT2D eigenvalue weighted by molar-refractivity contribution is -0.153. The summed E-state index contributed by atoms with van der Waals surface area (Å²) in [5, 5.41) is 2.76. The molecule has 1 saturated carbocycles. The fraction of sp³-hybridized carbons (Fsp3) is 0.533. The minimum atomic E-state index is -4.37. The first-order valence-electron chi connectivity index (χ1n) is 7.19. The third kappa shape index (κ3) is 5.22. The van der Waals surface area contributed by atoms with Crippen LogP contribution in [-0.2, 0) is 4.79 Å². The second-order valence-corrected chi connectivity index (χ2v) is 5.54. The quantitative estimate of drug-likeness (QED) is 0.897. The first-order valence-corrected chi connectivity index (χ1v) is 7.19. The van der Waals surface area contributed by atoms with Crippen molar-refractivity contribution in [2.24, 2.45) is 11.7 Å². The first-order chi connectivity index (χ1) is 10.3. The third-order valence-electron chi connectivity index (χ3n) is 3.61. The lowest BCUT2D eigenvalue weighted by Gasteiger charge is -2.25. The molecule has 0 radical (unpaired) electrons. The average Bonchev–Trinajstić information content (AvgIpc) is 2.46. The van der Waals surface area contributed by atoms with Gasteiger partial charge in [0.25, 0.3) is 0 Å². The molecule has 22 heavy (non-hydrogen) atoms. The van der Waals surface area contributed by atoms with Crippen LogP contribution in [0.5, 0.6) is 5.75 Å². The monoisotopic (exact) mass is 316 g/mol. The highest BCUT2D eigenvalue weighted by Crippen LogP contribution is 2.25. The molecule has 0 aliphatic heterocycles. The van der Waals surface area contributed by atoms with Gasteiger partial charge >= 0.3 is 6.18 Å². The van der Waals surface area contributed by atoms with Crippen LogP contribution in [0, 0.1) is 5.92 Å². The minimum Gasteiger partial charge on any atom is -0.484 e. The molecule has 2 rings (SSSR count). The number of amides is 1. The van der Waals surface area contributed by atoms with Crippen LogP contribution in [0.4, 0.5) is 18.9 Å². The van der Waals surface area contributed by atoms with Crippen molar-refractivity contribution in [2.75, 3.05) is 11.9 Å². The number of nitrogens with two attached hydrogens (primary N) is 1. The molecule has 1 amide bonds. The zero-order valence-corrected chi connectivity index (χ0v) is 12.0. The number of benzene rings is 1. The SMILES string of the molecule is NC1CCCC(C(=O)Nc2ccc(OCC(F)(F)F)cc2)C1. The Labute approximate surface area is 126 Å². The van der Waals surface area contributed by atoms with E-state index in [4.69, 9.17) is 5.73 Å². The van der Waals surface area contributed by atoms with Gasteiger partial charge in [-0.1, -0.05) is 6.42 Å². The van der Waals surface area contributed by atoms with Crippen LogP contribution >= 0.6 is 0 Å². The highest BCUT2D eigenvalue weighted by Gasteiger charge is 2.28. The molecule has 1 aromatic rings. The molecule has 3 N–H and O–H groups in total. The molecule has 1 aromatic carbocycles. The van der Waals surface area contributed by atoms with Gasteiger partial charge in [-0.2, -0.15) is 13.2 Å². The molecule has 0 heterocycles. The molecule has 2 atom stereocenters. The van der Waals surface area contributed by atoms with Gasteiger partial charge in [-0.25, -0.2) is 0 Å². The van der Waals surface area contributed by atoms with Crippen LogP contribution in [0.3, 0.4) is 0 Å². The van der Waals surface area contributed by atoms with Crippen molar-refractivity contribution in [3.05, 3.63) is 24.3 Å². The van der Waals surface area contributed by atoms with E-state index in [1.54, 1.807) is 0 Å². The van der Waals surface area contributed by atoms with Crippen molar-refractivity contribution < 1.29 is 22.7 Å². The van der Waals surface area contributed by atoms with Crippen molar-refractivity contribution in [2.45, 2.75) is 37.9 Å². The highest BCUT2D eigenvalue weighted by molar-refractivity contribution is 5.92. The molecular formula is C15H19F3N2O2. The molecule has 0 saturated heterocycles. The maximum Gasteiger partial charge on any atom is 0.422 e. The van der Waals surface area contributed by atoms with Crippen LogP contribution in [0.15, 0.2) is 24.3 Å². The Morgan fingerprint density at radius 2 is 1.95 bits per heavy atom. The van der Waals surface area contributed by atoms with Crippen molar-refractivity contribution in [3.8, 4) is 5.75 Å². The fourth-order valence-corrected chi connectivity index (χ4v) is 2.51. The number of nitrogens with one attached hydrogen (secondary N) is 1. The normalized spacial score (nSPS) is 22.2. The number of carbonyl (C=O) groups excluding carboxylic acids is 1. The van der Waals surface area contributed by atoms with Crippen LogP contribution in [0.1, 0.15) is 25.7 Å². The lowest BCUT2D eigenvalue weighted by Crippen LogP contribution is -2.34. The van der Waals surface area contributed by atoms with Crippen LogP contribution in [0.2, 0.25) is 0 Å². The largest absolute Gasteiger partial charge is 0.484 e. The molecule has 1 fully saturated rings. The van der Waals surface area contributed by atoms with Crippen molar-refractivity contribution in [3.63, 3.8) is 0 Å². The van der Waals surface area contributed by atoms with E-state index in [0.29, 0.717) is 12.1 Å². The van der Waals surface area contributed by atoms with E-state index in [1.807, 2.05) is 0 Å². The summed E-state index contributed by atoms with van der Waals surface area (Å²) in [5.74, 6) is -0.0981. The molecular weight excluding hydrogens is 297 g/mol. The first kappa shape index (κ1) is 16.6. The van der Waals surface area contributed by atoms with E-state index in [2.05, 4.69) is 10.1 Å². The van der Waals surface area contributed by atoms with Crippen LogP contribution in [-0.4, -0.2) is 24.7 Å². The number of rotatable bonds is 4. The van der Waals surface area contributed by atoms with Gasteiger partial charge in [0.1, 0.15) is 5.75 Å². The summed E-state index contributed by atoms with van der Waals surface area (Å²) in [6.07, 6.45) is -1.02. The van der Waals surface area contributed by atoms with Gasteiger partial charge in [-0.15, -0.1) is 0 Å². The van der Waals surface area contributed by atoms with E-state index in [-0.39, 0.29) is 23.6 Å². The van der Waals surface area contributed by atoms with Gasteiger partial charge in [0, 0.05) is 17.6 Å². The molecule has 0 spiro atoms. The zero-order chi connectivity index (χ0) is 16.2. The summed E-state index contributed by atoms with van der Waals surface area (Å²) in [6, 6.07) is 5.89. The van der Waals surface area contributed by atoms with Gasteiger partial charge in [-0.3, -0.25) is 4.79 Å². The Bertz CT molecular complexity index is 503. The summed E-state index contributed by atoms with van der Waals surface area (Å²) in [4.78, 5) is 12.1. The Hall–Kier alpha value is -1.76. The second kappa shape index (κ2) is 7.00. The topological polar surface area (TPSA) is 64.4 Å². The fourth-order valence-electron chi connectivity index (χ4n) is 2.51. The van der Waals surface area contributed by atoms with E-state index in [1.165, 1.54) is 24.3 Å². The van der Waals surface area contributed by atoms with Crippen molar-refractivity contribution >= 4 is 11.6 Å². The van der Waals surface area contributed by atoms with Gasteiger partial charge in [0.15, 0.2) is 6.61 Å². The molecule has 2 unspecified atom stereocenters. The molecule has 122 valence electrons. The van der Waals surface area contributed by atoms with Crippen LogP contribution in [0.25, 0.3) is 0 Å². The number of hydrogen-bond donors (Lipinski definition) is 2. The highest BCUT2D eigenvalue weighted by atomic mass is 19.4. The number of ether oxygens (including phenoxy) is 1. The minimum absolute atomic E-state index is 0.0580. The Balaban J connectivity index is 1.86. The van der Waals surface area contributed by atoms with E-state index >= 15 is 0 Å². The standard InChI is InChI=1S/C15H19F3N2O2/c16-15(17,18)9-22-13-6-4-12(5-7-13)20-14(21)10-2-1-3-11(19)8-10/h4-7,10-11H,1-3,8-9,19H2,(H,20,21). The van der Waals surface area contributed by atoms with Crippen molar-refractivity contribution in [1.29, 1.82) is 0 Å². The van der Waals surface area contributed by atoms with Crippen LogP contribution < -0.4 is 15.8 Å². The van der Waals surface area contributed by atoms with E-state index in [0.717, 1.165) is 19.3 Å². The van der Waals surface area contributed by atoms with Crippen molar-refractivity contribution in [1.82, 2.24) is 0 Å². The van der Waals surface area contributed by atoms with Gasteiger partial charge in [0.2, 0.25) is 5.91 Å². The number of alkyl halides is 3. The predicted molar refractivity (Wildman–Crippen MR) is 76.6 cm³/mol. The zero-order valence-electron chi connectivity index (χ0n) is 12.0. The Morgan fingerprint density at radius 3 is 2.55 bits per heavy atom. The molecule has 4 nitrogen and oxygen atoms in total. The summed E-state index contributed by atoms with van der Waals surface area (Å²) < 4.78 is 40.7. The molecule has 7 heteroatoms. The average molecular weight is 316 g/mol. The number of hydrogen-bond acceptors (Lipinski definition) is 3. The number of anilines is 1. The molecule has 1 aliphatic carbocycles.